The summed E-state index contributed by atoms with van der Waals surface area (Å²) >= 11 is 0. The number of hydrogen-bond donors (Lipinski definition) is 0. The van der Waals surface area contributed by atoms with E-state index in [0.717, 1.165) is 25.7 Å². The summed E-state index contributed by atoms with van der Waals surface area (Å²) in [5.41, 5.74) is 0. The molecule has 0 radical (unpaired) electrons. The average molecular weight is 304 g/mol. The molecular weight excluding hydrogens is 272 g/mol. The highest BCUT2D eigenvalue weighted by atomic mass is 32.2. The van der Waals surface area contributed by atoms with E-state index in [2.05, 4.69) is 0 Å². The van der Waals surface area contributed by atoms with Crippen LogP contribution in [0.3, 0.4) is 0 Å². The minimum Gasteiger partial charge on any atom is -0.267 e. The second kappa shape index (κ2) is 10.6. The Bertz CT molecular complexity index is 309. The molecule has 0 N–H and O–H groups in total. The molecule has 0 atom stereocenters. The van der Waals surface area contributed by atoms with E-state index >= 15 is 0 Å². The molecule has 1 fully saturated rings. The van der Waals surface area contributed by atoms with Crippen molar-refractivity contribution in [1.82, 2.24) is 0 Å². The first-order valence-electron chi connectivity index (χ1n) is 8.46. The largest absolute Gasteiger partial charge is 0.267 e. The lowest BCUT2D eigenvalue weighted by atomic mass is 10.0. The molecule has 1 aliphatic carbocycles. The highest BCUT2D eigenvalue weighted by Gasteiger charge is 2.15. The van der Waals surface area contributed by atoms with Gasteiger partial charge in [-0.2, -0.15) is 8.42 Å². The van der Waals surface area contributed by atoms with Crippen molar-refractivity contribution in [2.24, 2.45) is 0 Å². The van der Waals surface area contributed by atoms with Crippen LogP contribution in [0.1, 0.15) is 89.9 Å². The van der Waals surface area contributed by atoms with E-state index in [1.54, 1.807) is 0 Å². The van der Waals surface area contributed by atoms with E-state index in [9.17, 15) is 8.42 Å². The van der Waals surface area contributed by atoms with Gasteiger partial charge in [0.05, 0.1) is 12.4 Å². The topological polar surface area (TPSA) is 43.4 Å². The van der Waals surface area contributed by atoms with Gasteiger partial charge < -0.3 is 0 Å². The first-order valence-corrected chi connectivity index (χ1v) is 10.3. The van der Waals surface area contributed by atoms with E-state index in [-0.39, 0.29) is 6.10 Å². The van der Waals surface area contributed by atoms with Crippen molar-refractivity contribution in [3.8, 4) is 0 Å². The van der Waals surface area contributed by atoms with E-state index < -0.39 is 10.1 Å². The zero-order valence-electron chi connectivity index (χ0n) is 13.1. The highest BCUT2D eigenvalue weighted by molar-refractivity contribution is 7.86. The van der Waals surface area contributed by atoms with Gasteiger partial charge in [0.15, 0.2) is 0 Å². The molecule has 20 heavy (non-hydrogen) atoms. The van der Waals surface area contributed by atoms with E-state index in [0.29, 0.717) is 0 Å². The zero-order chi connectivity index (χ0) is 14.7. The van der Waals surface area contributed by atoms with Gasteiger partial charge in [0.1, 0.15) is 0 Å². The molecule has 0 spiro atoms. The summed E-state index contributed by atoms with van der Waals surface area (Å²) in [5, 5.41) is 0. The van der Waals surface area contributed by atoms with Gasteiger partial charge in [-0.05, 0) is 12.8 Å². The van der Waals surface area contributed by atoms with Crippen LogP contribution in [-0.2, 0) is 14.3 Å². The fourth-order valence-corrected chi connectivity index (χ4v) is 3.69. The van der Waals surface area contributed by atoms with Gasteiger partial charge in [0.25, 0.3) is 10.1 Å². The lowest BCUT2D eigenvalue weighted by Gasteiger charge is -2.16. The Kier molecular flexibility index (Phi) is 9.53. The number of hydrogen-bond acceptors (Lipinski definition) is 3. The van der Waals surface area contributed by atoms with Crippen LogP contribution in [0.4, 0.5) is 0 Å². The molecule has 1 aliphatic rings. The molecule has 0 unspecified atom stereocenters. The normalized spacial score (nSPS) is 22.9. The van der Waals surface area contributed by atoms with Crippen LogP contribution in [0.15, 0.2) is 0 Å². The van der Waals surface area contributed by atoms with Crippen LogP contribution < -0.4 is 0 Å². The lowest BCUT2D eigenvalue weighted by Crippen LogP contribution is -2.17. The molecule has 3 nitrogen and oxygen atoms in total. The summed E-state index contributed by atoms with van der Waals surface area (Å²) in [6.07, 6.45) is 18.2. The van der Waals surface area contributed by atoms with Gasteiger partial charge in [-0.25, -0.2) is 0 Å². The third kappa shape index (κ3) is 10.7. The summed E-state index contributed by atoms with van der Waals surface area (Å²) in [5.74, 6) is 0. The van der Waals surface area contributed by atoms with Crippen LogP contribution in [0, 0.1) is 0 Å². The van der Waals surface area contributed by atoms with Crippen molar-refractivity contribution < 1.29 is 12.6 Å². The molecule has 0 aromatic heterocycles. The summed E-state index contributed by atoms with van der Waals surface area (Å²) in [4.78, 5) is 0. The van der Waals surface area contributed by atoms with Crippen molar-refractivity contribution in [2.75, 3.05) is 6.26 Å². The summed E-state index contributed by atoms with van der Waals surface area (Å²) in [6.45, 7) is 0. The molecular formula is C16H32O3S. The monoisotopic (exact) mass is 304 g/mol. The smallest absolute Gasteiger partial charge is 0.264 e. The van der Waals surface area contributed by atoms with E-state index in [1.807, 2.05) is 0 Å². The molecule has 0 aromatic rings. The van der Waals surface area contributed by atoms with Crippen LogP contribution in [0.5, 0.6) is 0 Å². The van der Waals surface area contributed by atoms with Crippen molar-refractivity contribution in [3.63, 3.8) is 0 Å². The predicted octanol–water partition coefficient (Wildman–Crippen LogP) is 4.81. The second-order valence-electron chi connectivity index (χ2n) is 6.24. The lowest BCUT2D eigenvalue weighted by molar-refractivity contribution is 0.182. The van der Waals surface area contributed by atoms with E-state index in [1.165, 1.54) is 70.5 Å². The molecule has 0 aromatic carbocycles. The quantitative estimate of drug-likeness (QED) is 0.688. The van der Waals surface area contributed by atoms with Gasteiger partial charge in [-0.15, -0.1) is 0 Å². The summed E-state index contributed by atoms with van der Waals surface area (Å²) in [6, 6.07) is 0. The fraction of sp³-hybridized carbons (Fsp3) is 1.00. The van der Waals surface area contributed by atoms with Crippen molar-refractivity contribution >= 4 is 10.1 Å². The average Bonchev–Trinajstić information content (AvgIpc) is 2.37. The Balaban J connectivity index is 2.36. The maximum Gasteiger partial charge on any atom is 0.264 e. The molecule has 0 saturated heterocycles. The third-order valence-electron chi connectivity index (χ3n) is 4.11. The van der Waals surface area contributed by atoms with Crippen LogP contribution in [-0.4, -0.2) is 20.8 Å². The van der Waals surface area contributed by atoms with Gasteiger partial charge >= 0.3 is 0 Å². The summed E-state index contributed by atoms with van der Waals surface area (Å²) in [7, 11) is -3.31. The maximum atomic E-state index is 11.3. The standard InChI is InChI=1S/C16H32O3S/c1-20(17,18)19-16-14-12-10-8-6-4-2-3-5-7-9-11-13-15-16/h16H,2-15H2,1H3. The first kappa shape index (κ1) is 18.0. The van der Waals surface area contributed by atoms with Crippen molar-refractivity contribution in [2.45, 2.75) is 96.0 Å². The van der Waals surface area contributed by atoms with Crippen LogP contribution >= 0.6 is 0 Å². The SMILES string of the molecule is CS(=O)(=O)OC1CCCCCCCCCCCCCC1. The van der Waals surface area contributed by atoms with Crippen molar-refractivity contribution in [3.05, 3.63) is 0 Å². The molecule has 4 heteroatoms. The molecule has 1 saturated carbocycles. The van der Waals surface area contributed by atoms with Gasteiger partial charge in [-0.1, -0.05) is 77.0 Å². The maximum absolute atomic E-state index is 11.3. The summed E-state index contributed by atoms with van der Waals surface area (Å²) < 4.78 is 27.8. The molecule has 0 aliphatic heterocycles. The zero-order valence-corrected chi connectivity index (χ0v) is 13.9. The second-order valence-corrected chi connectivity index (χ2v) is 7.84. The predicted molar refractivity (Wildman–Crippen MR) is 84.4 cm³/mol. The Morgan fingerprint density at radius 3 is 1.25 bits per heavy atom. The third-order valence-corrected chi connectivity index (χ3v) is 4.73. The molecule has 0 amide bonds. The molecule has 0 bridgehead atoms. The Hall–Kier alpha value is -0.0900. The van der Waals surface area contributed by atoms with Gasteiger partial charge in [0, 0.05) is 0 Å². The van der Waals surface area contributed by atoms with Crippen LogP contribution in [0.25, 0.3) is 0 Å². The minimum atomic E-state index is -3.31. The highest BCUT2D eigenvalue weighted by Crippen LogP contribution is 2.19. The first-order chi connectivity index (χ1) is 9.58. The molecule has 0 heterocycles. The minimum absolute atomic E-state index is 0.0878. The Labute approximate surface area is 125 Å². The Morgan fingerprint density at radius 2 is 0.950 bits per heavy atom. The molecule has 1 rings (SSSR count). The Morgan fingerprint density at radius 1 is 0.650 bits per heavy atom. The van der Waals surface area contributed by atoms with E-state index in [4.69, 9.17) is 4.18 Å². The number of rotatable bonds is 2. The van der Waals surface area contributed by atoms with Gasteiger partial charge in [0.2, 0.25) is 0 Å². The molecule has 120 valence electrons. The van der Waals surface area contributed by atoms with Crippen LogP contribution in [0.2, 0.25) is 0 Å². The van der Waals surface area contributed by atoms with Crippen molar-refractivity contribution in [1.29, 1.82) is 0 Å². The fourth-order valence-electron chi connectivity index (χ4n) is 3.00. The van der Waals surface area contributed by atoms with Gasteiger partial charge in [-0.3, -0.25) is 4.18 Å².